The molecule has 5 nitrogen and oxygen atoms in total. The minimum Gasteiger partial charge on any atom is -0.490 e. The summed E-state index contributed by atoms with van der Waals surface area (Å²) in [6.07, 6.45) is 3.98. The summed E-state index contributed by atoms with van der Waals surface area (Å²) in [7, 11) is -2.88. The van der Waals surface area contributed by atoms with Crippen molar-refractivity contribution in [2.24, 2.45) is 0 Å². The number of aromatic nitrogens is 2. The van der Waals surface area contributed by atoms with Crippen LogP contribution in [0.3, 0.4) is 0 Å². The molecular formula is C11H20N2O3S. The van der Waals surface area contributed by atoms with Gasteiger partial charge in [-0.2, -0.15) is 5.10 Å². The Balaban J connectivity index is 2.31. The highest BCUT2D eigenvalue weighted by molar-refractivity contribution is 7.91. The third-order valence-corrected chi connectivity index (χ3v) is 4.21. The van der Waals surface area contributed by atoms with Crippen molar-refractivity contribution in [1.29, 1.82) is 0 Å². The smallest absolute Gasteiger partial charge is 0.157 e. The summed E-state index contributed by atoms with van der Waals surface area (Å²) < 4.78 is 29.7. The van der Waals surface area contributed by atoms with Crippen LogP contribution in [0, 0.1) is 0 Å². The van der Waals surface area contributed by atoms with Gasteiger partial charge >= 0.3 is 0 Å². The summed E-state index contributed by atoms with van der Waals surface area (Å²) in [5.74, 6) is 1.06. The molecular weight excluding hydrogens is 240 g/mol. The summed E-state index contributed by atoms with van der Waals surface area (Å²) in [5.41, 5.74) is 0. The van der Waals surface area contributed by atoms with Gasteiger partial charge in [0.2, 0.25) is 0 Å². The van der Waals surface area contributed by atoms with Gasteiger partial charge in [-0.15, -0.1) is 0 Å². The average Bonchev–Trinajstić information content (AvgIpc) is 2.73. The molecule has 98 valence electrons. The van der Waals surface area contributed by atoms with Gasteiger partial charge in [-0.25, -0.2) is 8.42 Å². The van der Waals surface area contributed by atoms with Gasteiger partial charge < -0.3 is 4.74 Å². The molecule has 0 radical (unpaired) electrons. The van der Waals surface area contributed by atoms with E-state index in [1.165, 1.54) is 0 Å². The van der Waals surface area contributed by atoms with Gasteiger partial charge in [0.1, 0.15) is 9.84 Å². The molecule has 0 saturated carbocycles. The molecule has 0 aromatic carbocycles. The number of ether oxygens (including phenoxy) is 1. The Hall–Kier alpha value is -1.04. The number of nitrogens with zero attached hydrogens (tertiary/aromatic N) is 2. The molecule has 0 aliphatic carbocycles. The van der Waals surface area contributed by atoms with Gasteiger partial charge in [0.25, 0.3) is 0 Å². The van der Waals surface area contributed by atoms with E-state index in [1.54, 1.807) is 17.8 Å². The molecule has 0 bridgehead atoms. The van der Waals surface area contributed by atoms with Crippen molar-refractivity contribution < 1.29 is 13.2 Å². The Kier molecular flexibility index (Phi) is 4.99. The highest BCUT2D eigenvalue weighted by atomic mass is 32.2. The standard InChI is InChI=1S/C11H20N2O3S/c1-4-17(14,15)7-5-6-16-11-8-12-13(9-11)10(2)3/h8-10H,4-7H2,1-3H3. The molecule has 1 rings (SSSR count). The highest BCUT2D eigenvalue weighted by Crippen LogP contribution is 2.12. The van der Waals surface area contributed by atoms with E-state index < -0.39 is 9.84 Å². The summed E-state index contributed by atoms with van der Waals surface area (Å²) in [4.78, 5) is 0. The van der Waals surface area contributed by atoms with Crippen LogP contribution in [0.25, 0.3) is 0 Å². The topological polar surface area (TPSA) is 61.2 Å². The van der Waals surface area contributed by atoms with Crippen molar-refractivity contribution in [3.63, 3.8) is 0 Å². The first kappa shape index (κ1) is 14.0. The van der Waals surface area contributed by atoms with Crippen LogP contribution < -0.4 is 4.74 Å². The maximum absolute atomic E-state index is 11.2. The Morgan fingerprint density at radius 2 is 2.18 bits per heavy atom. The molecule has 1 aromatic heterocycles. The van der Waals surface area contributed by atoms with E-state index in [1.807, 2.05) is 20.0 Å². The van der Waals surface area contributed by atoms with Gasteiger partial charge in [-0.1, -0.05) is 6.92 Å². The summed E-state index contributed by atoms with van der Waals surface area (Å²) in [5, 5.41) is 4.13. The van der Waals surface area contributed by atoms with E-state index in [2.05, 4.69) is 5.10 Å². The maximum Gasteiger partial charge on any atom is 0.157 e. The fraction of sp³-hybridized carbons (Fsp3) is 0.727. The molecule has 1 aromatic rings. The van der Waals surface area contributed by atoms with Crippen LogP contribution in [0.1, 0.15) is 33.2 Å². The van der Waals surface area contributed by atoms with Crippen molar-refractivity contribution in [1.82, 2.24) is 9.78 Å². The second-order valence-electron chi connectivity index (χ2n) is 4.19. The molecule has 0 saturated heterocycles. The minimum atomic E-state index is -2.88. The number of sulfone groups is 1. The summed E-state index contributed by atoms with van der Waals surface area (Å²) in [6, 6.07) is 0.299. The normalized spacial score (nSPS) is 12.0. The van der Waals surface area contributed by atoms with Crippen molar-refractivity contribution in [3.8, 4) is 5.75 Å². The second kappa shape index (κ2) is 6.05. The summed E-state index contributed by atoms with van der Waals surface area (Å²) in [6.45, 7) is 6.13. The lowest BCUT2D eigenvalue weighted by molar-refractivity contribution is 0.317. The third kappa shape index (κ3) is 4.77. The van der Waals surface area contributed by atoms with E-state index in [0.29, 0.717) is 24.8 Å². The predicted molar refractivity (Wildman–Crippen MR) is 67.1 cm³/mol. The lowest BCUT2D eigenvalue weighted by atomic mass is 10.4. The Labute approximate surface area is 103 Å². The number of hydrogen-bond acceptors (Lipinski definition) is 4. The quantitative estimate of drug-likeness (QED) is 0.700. The largest absolute Gasteiger partial charge is 0.490 e. The third-order valence-electron chi connectivity index (χ3n) is 2.42. The monoisotopic (exact) mass is 260 g/mol. The molecule has 0 N–H and O–H groups in total. The Morgan fingerprint density at radius 3 is 2.71 bits per heavy atom. The van der Waals surface area contributed by atoms with E-state index in [0.717, 1.165) is 0 Å². The van der Waals surface area contributed by atoms with Gasteiger partial charge in [-0.05, 0) is 20.3 Å². The van der Waals surface area contributed by atoms with Gasteiger partial charge in [-0.3, -0.25) is 4.68 Å². The van der Waals surface area contributed by atoms with Gasteiger partial charge in [0.15, 0.2) is 5.75 Å². The lowest BCUT2D eigenvalue weighted by Crippen LogP contribution is -2.11. The maximum atomic E-state index is 11.2. The molecule has 0 atom stereocenters. The first-order chi connectivity index (χ1) is 7.94. The molecule has 0 unspecified atom stereocenters. The van der Waals surface area contributed by atoms with Crippen LogP contribution in [-0.2, 0) is 9.84 Å². The van der Waals surface area contributed by atoms with E-state index in [9.17, 15) is 8.42 Å². The number of hydrogen-bond donors (Lipinski definition) is 0. The molecule has 6 heteroatoms. The molecule has 0 amide bonds. The molecule has 17 heavy (non-hydrogen) atoms. The van der Waals surface area contributed by atoms with Gasteiger partial charge in [0.05, 0.1) is 24.8 Å². The first-order valence-corrected chi connectivity index (χ1v) is 7.64. The fourth-order valence-corrected chi connectivity index (χ4v) is 2.14. The zero-order chi connectivity index (χ0) is 12.9. The Morgan fingerprint density at radius 1 is 1.47 bits per heavy atom. The zero-order valence-electron chi connectivity index (χ0n) is 10.6. The molecule has 0 fully saturated rings. The highest BCUT2D eigenvalue weighted by Gasteiger charge is 2.07. The molecule has 1 heterocycles. The van der Waals surface area contributed by atoms with E-state index in [4.69, 9.17) is 4.74 Å². The van der Waals surface area contributed by atoms with Crippen LogP contribution in [0.5, 0.6) is 5.75 Å². The van der Waals surface area contributed by atoms with Crippen LogP contribution in [-0.4, -0.2) is 36.3 Å². The van der Waals surface area contributed by atoms with Crippen molar-refractivity contribution >= 4 is 9.84 Å². The minimum absolute atomic E-state index is 0.182. The second-order valence-corrected chi connectivity index (χ2v) is 6.66. The predicted octanol–water partition coefficient (Wildman–Crippen LogP) is 1.67. The van der Waals surface area contributed by atoms with E-state index in [-0.39, 0.29) is 11.5 Å². The van der Waals surface area contributed by atoms with Crippen molar-refractivity contribution in [3.05, 3.63) is 12.4 Å². The van der Waals surface area contributed by atoms with Crippen LogP contribution in [0.4, 0.5) is 0 Å². The van der Waals surface area contributed by atoms with Crippen LogP contribution >= 0.6 is 0 Å². The number of rotatable bonds is 7. The van der Waals surface area contributed by atoms with Crippen LogP contribution in [0.2, 0.25) is 0 Å². The van der Waals surface area contributed by atoms with Crippen LogP contribution in [0.15, 0.2) is 12.4 Å². The first-order valence-electron chi connectivity index (χ1n) is 5.82. The molecule has 0 spiro atoms. The Bertz CT molecular complexity index is 437. The SMILES string of the molecule is CCS(=O)(=O)CCCOc1cnn(C(C)C)c1. The lowest BCUT2D eigenvalue weighted by Gasteiger charge is -2.04. The van der Waals surface area contributed by atoms with Crippen molar-refractivity contribution in [2.45, 2.75) is 33.2 Å². The van der Waals surface area contributed by atoms with Crippen molar-refractivity contribution in [2.75, 3.05) is 18.1 Å². The average molecular weight is 260 g/mol. The molecule has 0 aliphatic heterocycles. The fourth-order valence-electron chi connectivity index (χ4n) is 1.29. The summed E-state index contributed by atoms with van der Waals surface area (Å²) >= 11 is 0. The molecule has 0 aliphatic rings. The zero-order valence-corrected chi connectivity index (χ0v) is 11.4. The van der Waals surface area contributed by atoms with Gasteiger partial charge in [0, 0.05) is 11.8 Å². The van der Waals surface area contributed by atoms with E-state index >= 15 is 0 Å².